The number of allylic oxidation sites excluding steroid dienone is 2. The van der Waals surface area contributed by atoms with Crippen molar-refractivity contribution in [3.05, 3.63) is 74.8 Å². The number of benzene rings is 2. The lowest BCUT2D eigenvalue weighted by Gasteiger charge is -2.17. The zero-order valence-corrected chi connectivity index (χ0v) is 22.0. The van der Waals surface area contributed by atoms with Crippen LogP contribution < -0.4 is 5.32 Å². The molecule has 11 heteroatoms. The van der Waals surface area contributed by atoms with E-state index in [1.54, 1.807) is 32.2 Å². The molecule has 0 aliphatic heterocycles. The summed E-state index contributed by atoms with van der Waals surface area (Å²) in [6, 6.07) is 8.70. The van der Waals surface area contributed by atoms with Gasteiger partial charge in [0.1, 0.15) is 5.71 Å². The molecule has 2 atom stereocenters. The average molecular weight is 559 g/mol. The van der Waals surface area contributed by atoms with Gasteiger partial charge < -0.3 is 19.6 Å². The quantitative estimate of drug-likeness (QED) is 0.156. The molecule has 37 heavy (non-hydrogen) atoms. The Hall–Kier alpha value is -2.59. The van der Waals surface area contributed by atoms with Gasteiger partial charge in [0.05, 0.1) is 24.1 Å². The minimum Gasteiger partial charge on any atom is -0.381 e. The number of halogens is 5. The summed E-state index contributed by atoms with van der Waals surface area (Å²) < 4.78 is 52.3. The predicted octanol–water partition coefficient (Wildman–Crippen LogP) is 6.49. The molecule has 0 radical (unpaired) electrons. The first-order chi connectivity index (χ1) is 17.5. The Kier molecular flexibility index (Phi) is 10.0. The summed E-state index contributed by atoms with van der Waals surface area (Å²) in [7, 11) is 2.91. The van der Waals surface area contributed by atoms with Gasteiger partial charge in [0.2, 0.25) is 12.7 Å². The maximum Gasteiger partial charge on any atom is 0.417 e. The summed E-state index contributed by atoms with van der Waals surface area (Å²) in [5, 5.41) is 7.04. The smallest absolute Gasteiger partial charge is 0.381 e. The van der Waals surface area contributed by atoms with Crippen LogP contribution in [0, 0.1) is 0 Å². The van der Waals surface area contributed by atoms with Gasteiger partial charge in [0, 0.05) is 29.8 Å². The van der Waals surface area contributed by atoms with E-state index in [1.807, 2.05) is 0 Å². The van der Waals surface area contributed by atoms with E-state index in [0.29, 0.717) is 18.4 Å². The molecule has 3 rings (SSSR count). The Morgan fingerprint density at radius 1 is 1.16 bits per heavy atom. The van der Waals surface area contributed by atoms with Gasteiger partial charge in [0.15, 0.2) is 0 Å². The van der Waals surface area contributed by atoms with Crippen molar-refractivity contribution in [3.8, 4) is 0 Å². The highest BCUT2D eigenvalue weighted by molar-refractivity contribution is 6.35. The minimum absolute atomic E-state index is 0.0651. The summed E-state index contributed by atoms with van der Waals surface area (Å²) in [4.78, 5) is 17.4. The minimum atomic E-state index is -4.73. The van der Waals surface area contributed by atoms with E-state index in [0.717, 1.165) is 17.2 Å². The molecule has 0 saturated carbocycles. The van der Waals surface area contributed by atoms with Crippen molar-refractivity contribution < 1.29 is 32.3 Å². The number of fused-ring (bicyclic) bond motifs is 1. The van der Waals surface area contributed by atoms with Crippen LogP contribution in [-0.2, 0) is 25.5 Å². The molecule has 2 aromatic rings. The van der Waals surface area contributed by atoms with Gasteiger partial charge in [-0.2, -0.15) is 13.2 Å². The van der Waals surface area contributed by atoms with Crippen molar-refractivity contribution in [2.24, 2.45) is 5.16 Å². The van der Waals surface area contributed by atoms with Crippen LogP contribution >= 0.6 is 23.2 Å². The van der Waals surface area contributed by atoms with Gasteiger partial charge in [0.25, 0.3) is 0 Å². The standard InChI is InChI=1S/C26H27Cl2F3N2O4/c1-15(36-3)8-25(34)32-23-7-5-16-9-17(4-6-21(16)23)24(33-37-14-35-2)13-22(26(29,30)31)18-10-19(27)12-20(28)11-18/h4,6,9-13,15,23H,5,7-8,14H2,1-3H3,(H,32,34)/b22-13-,33-24?. The monoisotopic (exact) mass is 558 g/mol. The normalized spacial score (nSPS) is 16.9. The van der Waals surface area contributed by atoms with Crippen molar-refractivity contribution in [2.45, 2.75) is 44.5 Å². The van der Waals surface area contributed by atoms with E-state index in [-0.39, 0.29) is 52.6 Å². The number of methoxy groups -OCH3 is 2. The van der Waals surface area contributed by atoms with E-state index in [2.05, 4.69) is 10.5 Å². The van der Waals surface area contributed by atoms with Crippen molar-refractivity contribution in [1.82, 2.24) is 5.32 Å². The number of ether oxygens (including phenoxy) is 2. The lowest BCUT2D eigenvalue weighted by molar-refractivity contribution is -0.124. The molecule has 1 amide bonds. The molecule has 2 aromatic carbocycles. The highest BCUT2D eigenvalue weighted by Gasteiger charge is 2.36. The van der Waals surface area contributed by atoms with Gasteiger partial charge in [-0.3, -0.25) is 4.79 Å². The number of hydrogen-bond donors (Lipinski definition) is 1. The molecule has 0 saturated heterocycles. The third kappa shape index (κ3) is 7.95. The van der Waals surface area contributed by atoms with E-state index >= 15 is 0 Å². The molecule has 0 bridgehead atoms. The fourth-order valence-electron chi connectivity index (χ4n) is 4.01. The Morgan fingerprint density at radius 2 is 1.86 bits per heavy atom. The molecule has 2 unspecified atom stereocenters. The van der Waals surface area contributed by atoms with Crippen molar-refractivity contribution in [2.75, 3.05) is 21.0 Å². The lowest BCUT2D eigenvalue weighted by Crippen LogP contribution is -2.30. The first-order valence-electron chi connectivity index (χ1n) is 11.4. The number of aryl methyl sites for hydroxylation is 1. The summed E-state index contributed by atoms with van der Waals surface area (Å²) in [6.45, 7) is 1.56. The predicted molar refractivity (Wildman–Crippen MR) is 137 cm³/mol. The number of nitrogens with zero attached hydrogens (tertiary/aromatic N) is 1. The van der Waals surface area contributed by atoms with E-state index in [1.165, 1.54) is 25.3 Å². The SMILES string of the molecule is COCON=C(/C=C(/c1cc(Cl)cc(Cl)c1)C(F)(F)F)c1ccc2c(c1)CCC2NC(=O)CC(C)OC. The van der Waals surface area contributed by atoms with Crippen LogP contribution in [0.1, 0.15) is 48.1 Å². The van der Waals surface area contributed by atoms with Gasteiger partial charge in [-0.25, -0.2) is 0 Å². The molecule has 0 spiro atoms. The number of carbonyl (C=O) groups is 1. The van der Waals surface area contributed by atoms with E-state index < -0.39 is 11.7 Å². The third-order valence-electron chi connectivity index (χ3n) is 5.82. The summed E-state index contributed by atoms with van der Waals surface area (Å²) >= 11 is 11.9. The molecule has 6 nitrogen and oxygen atoms in total. The molecule has 1 aliphatic carbocycles. The van der Waals surface area contributed by atoms with Crippen LogP contribution in [-0.4, -0.2) is 44.9 Å². The number of amides is 1. The molecule has 0 aromatic heterocycles. The molecule has 0 heterocycles. The Balaban J connectivity index is 1.98. The van der Waals surface area contributed by atoms with Crippen molar-refractivity contribution in [3.63, 3.8) is 0 Å². The average Bonchev–Trinajstić information content (AvgIpc) is 3.21. The lowest BCUT2D eigenvalue weighted by atomic mass is 9.98. The Bertz CT molecular complexity index is 1160. The van der Waals surface area contributed by atoms with Crippen LogP contribution in [0.25, 0.3) is 5.57 Å². The molecule has 1 aliphatic rings. The van der Waals surface area contributed by atoms with Crippen molar-refractivity contribution in [1.29, 1.82) is 0 Å². The third-order valence-corrected chi connectivity index (χ3v) is 6.26. The maximum absolute atomic E-state index is 14.1. The fraction of sp³-hybridized carbons (Fsp3) is 0.385. The van der Waals surface area contributed by atoms with Crippen LogP contribution in [0.2, 0.25) is 10.0 Å². The number of carbonyl (C=O) groups excluding carboxylic acids is 1. The van der Waals surface area contributed by atoms with Crippen LogP contribution in [0.15, 0.2) is 47.6 Å². The van der Waals surface area contributed by atoms with E-state index in [4.69, 9.17) is 37.5 Å². The number of oxime groups is 1. The van der Waals surface area contributed by atoms with Gasteiger partial charge in [-0.15, -0.1) is 0 Å². The zero-order valence-electron chi connectivity index (χ0n) is 20.5. The van der Waals surface area contributed by atoms with Crippen molar-refractivity contribution >= 4 is 40.4 Å². The highest BCUT2D eigenvalue weighted by atomic mass is 35.5. The van der Waals surface area contributed by atoms with Gasteiger partial charge in [-0.05, 0) is 66.8 Å². The highest BCUT2D eigenvalue weighted by Crippen LogP contribution is 2.37. The molecule has 0 fully saturated rings. The summed E-state index contributed by atoms with van der Waals surface area (Å²) in [6.07, 6.45) is -2.52. The van der Waals surface area contributed by atoms with Crippen LogP contribution in [0.4, 0.5) is 13.2 Å². The second kappa shape index (κ2) is 12.8. The number of hydrogen-bond acceptors (Lipinski definition) is 5. The number of alkyl halides is 3. The molecule has 1 N–H and O–H groups in total. The second-order valence-electron chi connectivity index (χ2n) is 8.55. The van der Waals surface area contributed by atoms with Crippen LogP contribution in [0.3, 0.4) is 0 Å². The zero-order chi connectivity index (χ0) is 27.2. The Morgan fingerprint density at radius 3 is 2.49 bits per heavy atom. The van der Waals surface area contributed by atoms with Crippen LogP contribution in [0.5, 0.6) is 0 Å². The molecular formula is C26H27Cl2F3N2O4. The van der Waals surface area contributed by atoms with Gasteiger partial charge in [-0.1, -0.05) is 40.5 Å². The topological polar surface area (TPSA) is 69.2 Å². The summed E-state index contributed by atoms with van der Waals surface area (Å²) in [5.41, 5.74) is 0.943. The Labute approximate surface area is 223 Å². The number of nitrogens with one attached hydrogen (secondary N) is 1. The first kappa shape index (κ1) is 29.0. The maximum atomic E-state index is 14.1. The summed E-state index contributed by atoms with van der Waals surface area (Å²) in [5.74, 6) is -0.135. The number of rotatable bonds is 10. The molecule has 200 valence electrons. The first-order valence-corrected chi connectivity index (χ1v) is 12.2. The largest absolute Gasteiger partial charge is 0.417 e. The van der Waals surface area contributed by atoms with E-state index in [9.17, 15) is 18.0 Å². The second-order valence-corrected chi connectivity index (χ2v) is 9.42. The molecular weight excluding hydrogens is 532 g/mol. The fourth-order valence-corrected chi connectivity index (χ4v) is 4.54. The van der Waals surface area contributed by atoms with Gasteiger partial charge >= 0.3 is 6.18 Å².